The largest absolute Gasteiger partial charge is 0.510 e. The summed E-state index contributed by atoms with van der Waals surface area (Å²) in [5, 5.41) is 25.4. The molecule has 0 rings (SSSR count). The highest BCUT2D eigenvalue weighted by Crippen LogP contribution is 1.87. The Labute approximate surface area is 59.4 Å². The summed E-state index contributed by atoms with van der Waals surface area (Å²) in [6.07, 6.45) is -0.876. The third-order valence-electron chi connectivity index (χ3n) is 0.790. The maximum absolute atomic E-state index is 8.68. The van der Waals surface area contributed by atoms with Gasteiger partial charge in [-0.05, 0) is 0 Å². The molecular formula is C6H12O4. The van der Waals surface area contributed by atoms with Crippen LogP contribution >= 0.6 is 0 Å². The Balaban J connectivity index is 3.11. The monoisotopic (exact) mass is 148 g/mol. The third-order valence-corrected chi connectivity index (χ3v) is 0.790. The lowest BCUT2D eigenvalue weighted by molar-refractivity contribution is 0.00706. The molecule has 0 bridgehead atoms. The molecule has 0 aliphatic carbocycles. The zero-order chi connectivity index (χ0) is 7.98. The van der Waals surface area contributed by atoms with Gasteiger partial charge in [0.05, 0.1) is 13.2 Å². The van der Waals surface area contributed by atoms with E-state index >= 15 is 0 Å². The molecule has 0 heterocycles. The van der Waals surface area contributed by atoms with Crippen LogP contribution in [0.1, 0.15) is 0 Å². The zero-order valence-electron chi connectivity index (χ0n) is 5.66. The first kappa shape index (κ1) is 9.42. The number of rotatable bonds is 5. The van der Waals surface area contributed by atoms with E-state index in [4.69, 9.17) is 15.3 Å². The first-order chi connectivity index (χ1) is 4.66. The number of ether oxygens (including phenoxy) is 1. The molecule has 4 nitrogen and oxygen atoms in total. The highest BCUT2D eigenvalue weighted by Gasteiger charge is 2.00. The van der Waals surface area contributed by atoms with Crippen molar-refractivity contribution in [2.24, 2.45) is 0 Å². The summed E-state index contributed by atoms with van der Waals surface area (Å²) in [4.78, 5) is 0. The standard InChI is InChI=1S/C6H12O4/c1-5(8)3-10-4-6(9)2-7/h6-9H,1-4H2. The van der Waals surface area contributed by atoms with Crippen LogP contribution in [0.5, 0.6) is 0 Å². The molecular weight excluding hydrogens is 136 g/mol. The summed E-state index contributed by atoms with van der Waals surface area (Å²) < 4.78 is 4.69. The maximum Gasteiger partial charge on any atom is 0.111 e. The number of aliphatic hydroxyl groups excluding tert-OH is 3. The Morgan fingerprint density at radius 2 is 2.20 bits per heavy atom. The minimum absolute atomic E-state index is 0.00292. The molecule has 0 aliphatic rings. The van der Waals surface area contributed by atoms with Gasteiger partial charge in [0.15, 0.2) is 0 Å². The van der Waals surface area contributed by atoms with E-state index in [1.807, 2.05) is 0 Å². The normalized spacial score (nSPS) is 13.0. The quantitative estimate of drug-likeness (QED) is 0.456. The van der Waals surface area contributed by atoms with Crippen molar-refractivity contribution < 1.29 is 20.1 Å². The minimum Gasteiger partial charge on any atom is -0.510 e. The number of aliphatic hydroxyl groups is 3. The van der Waals surface area contributed by atoms with Crippen molar-refractivity contribution in [3.63, 3.8) is 0 Å². The van der Waals surface area contributed by atoms with Crippen molar-refractivity contribution in [3.05, 3.63) is 12.3 Å². The molecule has 1 unspecified atom stereocenters. The SMILES string of the molecule is C=C(O)COCC(O)CO. The molecule has 0 spiro atoms. The molecule has 0 aromatic carbocycles. The molecule has 60 valence electrons. The van der Waals surface area contributed by atoms with E-state index < -0.39 is 6.10 Å². The van der Waals surface area contributed by atoms with Crippen LogP contribution in [0.2, 0.25) is 0 Å². The second kappa shape index (κ2) is 5.22. The lowest BCUT2D eigenvalue weighted by Gasteiger charge is -2.06. The molecule has 0 aromatic rings. The van der Waals surface area contributed by atoms with E-state index in [1.54, 1.807) is 0 Å². The molecule has 0 saturated heterocycles. The van der Waals surface area contributed by atoms with Gasteiger partial charge in [-0.3, -0.25) is 0 Å². The average molecular weight is 148 g/mol. The molecule has 10 heavy (non-hydrogen) atoms. The van der Waals surface area contributed by atoms with Gasteiger partial charge in [0, 0.05) is 0 Å². The van der Waals surface area contributed by atoms with Gasteiger partial charge < -0.3 is 20.1 Å². The molecule has 0 fully saturated rings. The molecule has 3 N–H and O–H groups in total. The molecule has 0 aromatic heterocycles. The fourth-order valence-corrected chi connectivity index (χ4v) is 0.365. The van der Waals surface area contributed by atoms with Gasteiger partial charge in [-0.1, -0.05) is 6.58 Å². The van der Waals surface area contributed by atoms with Crippen molar-refractivity contribution in [2.75, 3.05) is 19.8 Å². The van der Waals surface area contributed by atoms with Gasteiger partial charge in [-0.2, -0.15) is 0 Å². The Morgan fingerprint density at radius 1 is 1.60 bits per heavy atom. The molecule has 0 aliphatic heterocycles. The Morgan fingerprint density at radius 3 is 2.60 bits per heavy atom. The van der Waals surface area contributed by atoms with E-state index in [1.165, 1.54) is 0 Å². The van der Waals surface area contributed by atoms with Crippen molar-refractivity contribution in [1.82, 2.24) is 0 Å². The second-order valence-corrected chi connectivity index (χ2v) is 1.92. The topological polar surface area (TPSA) is 69.9 Å². The van der Waals surface area contributed by atoms with Crippen LogP contribution in [0.4, 0.5) is 0 Å². The van der Waals surface area contributed by atoms with Crippen LogP contribution in [-0.2, 0) is 4.74 Å². The summed E-state index contributed by atoms with van der Waals surface area (Å²) in [6, 6.07) is 0. The van der Waals surface area contributed by atoms with Crippen molar-refractivity contribution in [1.29, 1.82) is 0 Å². The fraction of sp³-hybridized carbons (Fsp3) is 0.667. The van der Waals surface area contributed by atoms with E-state index in [-0.39, 0.29) is 25.6 Å². The smallest absolute Gasteiger partial charge is 0.111 e. The molecule has 1 atom stereocenters. The summed E-state index contributed by atoms with van der Waals surface area (Å²) in [7, 11) is 0. The van der Waals surface area contributed by atoms with Gasteiger partial charge in [0.25, 0.3) is 0 Å². The Kier molecular flexibility index (Phi) is 4.92. The van der Waals surface area contributed by atoms with E-state index in [0.29, 0.717) is 0 Å². The van der Waals surface area contributed by atoms with Crippen molar-refractivity contribution in [3.8, 4) is 0 Å². The fourth-order valence-electron chi connectivity index (χ4n) is 0.365. The van der Waals surface area contributed by atoms with Crippen LogP contribution in [0.25, 0.3) is 0 Å². The van der Waals surface area contributed by atoms with E-state index in [0.717, 1.165) is 0 Å². The molecule has 0 saturated carbocycles. The predicted molar refractivity (Wildman–Crippen MR) is 35.7 cm³/mol. The minimum atomic E-state index is -0.876. The van der Waals surface area contributed by atoms with Crippen molar-refractivity contribution >= 4 is 0 Å². The summed E-state index contributed by atoms with van der Waals surface area (Å²) in [5.41, 5.74) is 0. The van der Waals surface area contributed by atoms with E-state index in [2.05, 4.69) is 11.3 Å². The van der Waals surface area contributed by atoms with Gasteiger partial charge in [-0.15, -0.1) is 0 Å². The highest BCUT2D eigenvalue weighted by atomic mass is 16.5. The lowest BCUT2D eigenvalue weighted by atomic mass is 10.4. The summed E-state index contributed by atoms with van der Waals surface area (Å²) in [6.45, 7) is 2.84. The van der Waals surface area contributed by atoms with Gasteiger partial charge >= 0.3 is 0 Å². The summed E-state index contributed by atoms with van der Waals surface area (Å²) in [5.74, 6) is -0.0925. The predicted octanol–water partition coefficient (Wildman–Crippen LogP) is -0.572. The molecule has 0 radical (unpaired) electrons. The maximum atomic E-state index is 8.68. The second-order valence-electron chi connectivity index (χ2n) is 1.92. The van der Waals surface area contributed by atoms with Gasteiger partial charge in [0.2, 0.25) is 0 Å². The zero-order valence-corrected chi connectivity index (χ0v) is 5.66. The van der Waals surface area contributed by atoms with Crippen LogP contribution in [-0.4, -0.2) is 41.2 Å². The number of hydrogen-bond donors (Lipinski definition) is 3. The van der Waals surface area contributed by atoms with Crippen LogP contribution < -0.4 is 0 Å². The molecule has 4 heteroatoms. The van der Waals surface area contributed by atoms with Crippen molar-refractivity contribution in [2.45, 2.75) is 6.10 Å². The van der Waals surface area contributed by atoms with Crippen LogP contribution in [0, 0.1) is 0 Å². The third kappa shape index (κ3) is 5.55. The highest BCUT2D eigenvalue weighted by molar-refractivity contribution is 4.77. The Bertz CT molecular complexity index is 102. The Hall–Kier alpha value is -0.580. The van der Waals surface area contributed by atoms with Gasteiger partial charge in [0.1, 0.15) is 18.5 Å². The first-order valence-corrected chi connectivity index (χ1v) is 2.90. The van der Waals surface area contributed by atoms with Gasteiger partial charge in [-0.25, -0.2) is 0 Å². The van der Waals surface area contributed by atoms with Crippen LogP contribution in [0.3, 0.4) is 0 Å². The van der Waals surface area contributed by atoms with Crippen LogP contribution in [0.15, 0.2) is 12.3 Å². The van der Waals surface area contributed by atoms with E-state index in [9.17, 15) is 0 Å². The summed E-state index contributed by atoms with van der Waals surface area (Å²) >= 11 is 0. The molecule has 0 amide bonds. The lowest BCUT2D eigenvalue weighted by Crippen LogP contribution is -2.19. The number of hydrogen-bond acceptors (Lipinski definition) is 4. The first-order valence-electron chi connectivity index (χ1n) is 2.90. The average Bonchev–Trinajstić information content (AvgIpc) is 1.87.